The van der Waals surface area contributed by atoms with Crippen LogP contribution in [0.4, 0.5) is 4.79 Å². The number of phenols is 1. The van der Waals surface area contributed by atoms with Crippen molar-refractivity contribution in [2.45, 2.75) is 31.3 Å². The van der Waals surface area contributed by atoms with Gasteiger partial charge in [-0.3, -0.25) is 0 Å². The fraction of sp³-hybridized carbons (Fsp3) is 0.350. The predicted octanol–water partition coefficient (Wildman–Crippen LogP) is 2.68. The van der Waals surface area contributed by atoms with E-state index in [4.69, 9.17) is 0 Å². The number of aliphatic hydroxyl groups is 1. The van der Waals surface area contributed by atoms with Gasteiger partial charge in [-0.25, -0.2) is 4.79 Å². The van der Waals surface area contributed by atoms with Gasteiger partial charge in [0.2, 0.25) is 0 Å². The van der Waals surface area contributed by atoms with Crippen molar-refractivity contribution in [1.29, 1.82) is 0 Å². The Bertz CT molecular complexity index is 805. The summed E-state index contributed by atoms with van der Waals surface area (Å²) in [4.78, 5) is 14.6. The van der Waals surface area contributed by atoms with E-state index in [1.54, 1.807) is 11.0 Å². The smallest absolute Gasteiger partial charge is 0.318 e. The summed E-state index contributed by atoms with van der Waals surface area (Å²) in [5.41, 5.74) is 4.14. The number of urea groups is 1. The first kappa shape index (κ1) is 16.0. The Hall–Kier alpha value is -2.53. The summed E-state index contributed by atoms with van der Waals surface area (Å²) in [6.45, 7) is 0.500. The van der Waals surface area contributed by atoms with Gasteiger partial charge in [-0.05, 0) is 47.6 Å². The van der Waals surface area contributed by atoms with Crippen LogP contribution in [0.2, 0.25) is 0 Å². The lowest BCUT2D eigenvalue weighted by Crippen LogP contribution is -2.47. The Morgan fingerprint density at radius 3 is 2.76 bits per heavy atom. The van der Waals surface area contributed by atoms with Gasteiger partial charge in [0.15, 0.2) is 0 Å². The normalized spacial score (nSPS) is 21.6. The fourth-order valence-electron chi connectivity index (χ4n) is 4.11. The van der Waals surface area contributed by atoms with Gasteiger partial charge in [0, 0.05) is 6.54 Å². The van der Waals surface area contributed by atoms with Crippen molar-refractivity contribution in [3.8, 4) is 5.75 Å². The van der Waals surface area contributed by atoms with Crippen molar-refractivity contribution >= 4 is 6.03 Å². The van der Waals surface area contributed by atoms with Gasteiger partial charge in [-0.15, -0.1) is 0 Å². The van der Waals surface area contributed by atoms with E-state index in [2.05, 4.69) is 11.4 Å². The van der Waals surface area contributed by atoms with Crippen molar-refractivity contribution in [3.63, 3.8) is 0 Å². The molecule has 0 radical (unpaired) electrons. The van der Waals surface area contributed by atoms with E-state index in [9.17, 15) is 15.0 Å². The van der Waals surface area contributed by atoms with Crippen LogP contribution < -0.4 is 5.32 Å². The van der Waals surface area contributed by atoms with Gasteiger partial charge in [0.1, 0.15) is 5.75 Å². The van der Waals surface area contributed by atoms with Crippen LogP contribution in [0.3, 0.4) is 0 Å². The number of hydrogen-bond acceptors (Lipinski definition) is 3. The molecule has 2 aromatic rings. The predicted molar refractivity (Wildman–Crippen MR) is 94.4 cm³/mol. The first-order valence-electron chi connectivity index (χ1n) is 8.75. The minimum absolute atomic E-state index is 0.0908. The lowest BCUT2D eigenvalue weighted by molar-refractivity contribution is 0.125. The molecule has 1 heterocycles. The first-order valence-corrected chi connectivity index (χ1v) is 8.75. The third-order valence-electron chi connectivity index (χ3n) is 5.39. The molecule has 0 fully saturated rings. The van der Waals surface area contributed by atoms with Crippen LogP contribution in [-0.2, 0) is 12.8 Å². The fourth-order valence-corrected chi connectivity index (χ4v) is 4.11. The Labute approximate surface area is 146 Å². The number of nitrogens with zero attached hydrogens (tertiary/aromatic N) is 1. The highest BCUT2D eigenvalue weighted by molar-refractivity contribution is 5.76. The zero-order valence-electron chi connectivity index (χ0n) is 14.0. The number of phenolic OH excluding ortho intramolecular Hbond substituents is 1. The second kappa shape index (κ2) is 6.41. The van der Waals surface area contributed by atoms with Crippen LogP contribution in [0.1, 0.15) is 40.8 Å². The van der Waals surface area contributed by atoms with E-state index in [0.717, 1.165) is 36.0 Å². The molecule has 0 unspecified atom stereocenters. The number of benzene rings is 2. The van der Waals surface area contributed by atoms with Crippen LogP contribution in [0.25, 0.3) is 0 Å². The molecule has 0 aromatic heterocycles. The third kappa shape index (κ3) is 2.74. The zero-order chi connectivity index (χ0) is 17.4. The van der Waals surface area contributed by atoms with Crippen LogP contribution in [0, 0.1) is 0 Å². The Morgan fingerprint density at radius 1 is 1.12 bits per heavy atom. The summed E-state index contributed by atoms with van der Waals surface area (Å²) in [6, 6.07) is 12.9. The van der Waals surface area contributed by atoms with Crippen molar-refractivity contribution in [2.24, 2.45) is 0 Å². The minimum atomic E-state index is -0.310. The molecule has 4 rings (SSSR count). The van der Waals surface area contributed by atoms with Gasteiger partial charge in [0.05, 0.1) is 18.7 Å². The van der Waals surface area contributed by atoms with Crippen molar-refractivity contribution < 1.29 is 15.0 Å². The summed E-state index contributed by atoms with van der Waals surface area (Å²) in [5.74, 6) is 0.300. The second-order valence-electron chi connectivity index (χ2n) is 6.73. The molecule has 5 heteroatoms. The topological polar surface area (TPSA) is 72.8 Å². The minimum Gasteiger partial charge on any atom is -0.508 e. The van der Waals surface area contributed by atoms with Gasteiger partial charge in [0.25, 0.3) is 0 Å². The highest BCUT2D eigenvalue weighted by atomic mass is 16.3. The van der Waals surface area contributed by atoms with E-state index in [0.29, 0.717) is 12.3 Å². The standard InChI is InChI=1S/C20H22N2O3/c23-12-18-14-5-2-1-4-13(14)10-11-22(18)20(25)21-17-9-8-16-15(17)6-3-7-19(16)24/h1-7,17-18,23-24H,8-12H2,(H,21,25)/t17-,18-/m1/s1. The largest absolute Gasteiger partial charge is 0.508 e. The SMILES string of the molecule is O=C(N[C@@H]1CCc2c(O)cccc21)N1CCc2ccccc2[C@H]1CO. The number of carbonyl (C=O) groups excluding carboxylic acids is 1. The van der Waals surface area contributed by atoms with Crippen molar-refractivity contribution in [1.82, 2.24) is 10.2 Å². The average molecular weight is 338 g/mol. The van der Waals surface area contributed by atoms with E-state index >= 15 is 0 Å². The Balaban J connectivity index is 1.54. The molecule has 5 nitrogen and oxygen atoms in total. The highest BCUT2D eigenvalue weighted by Crippen LogP contribution is 2.37. The number of nitrogens with one attached hydrogen (secondary N) is 1. The highest BCUT2D eigenvalue weighted by Gasteiger charge is 2.33. The molecular weight excluding hydrogens is 316 g/mol. The Kier molecular flexibility index (Phi) is 4.09. The van der Waals surface area contributed by atoms with Gasteiger partial charge in [-0.1, -0.05) is 36.4 Å². The zero-order valence-corrected chi connectivity index (χ0v) is 14.0. The van der Waals surface area contributed by atoms with E-state index in [-0.39, 0.29) is 24.7 Å². The molecule has 1 aliphatic heterocycles. The molecule has 0 saturated carbocycles. The molecule has 2 atom stereocenters. The molecule has 25 heavy (non-hydrogen) atoms. The summed E-state index contributed by atoms with van der Waals surface area (Å²) < 4.78 is 0. The van der Waals surface area contributed by atoms with Crippen LogP contribution in [0.15, 0.2) is 42.5 Å². The van der Waals surface area contributed by atoms with Crippen LogP contribution >= 0.6 is 0 Å². The monoisotopic (exact) mass is 338 g/mol. The van der Waals surface area contributed by atoms with Gasteiger partial charge in [-0.2, -0.15) is 0 Å². The van der Waals surface area contributed by atoms with Crippen molar-refractivity contribution in [2.75, 3.05) is 13.2 Å². The number of carbonyl (C=O) groups is 1. The lowest BCUT2D eigenvalue weighted by atomic mass is 9.93. The molecule has 130 valence electrons. The summed E-state index contributed by atoms with van der Waals surface area (Å²) >= 11 is 0. The van der Waals surface area contributed by atoms with Crippen LogP contribution in [0.5, 0.6) is 5.75 Å². The maximum atomic E-state index is 12.9. The average Bonchev–Trinajstić information content (AvgIpc) is 3.05. The quantitative estimate of drug-likeness (QED) is 0.788. The number of fused-ring (bicyclic) bond motifs is 2. The van der Waals surface area contributed by atoms with E-state index < -0.39 is 0 Å². The third-order valence-corrected chi connectivity index (χ3v) is 5.39. The van der Waals surface area contributed by atoms with Crippen LogP contribution in [-0.4, -0.2) is 34.3 Å². The molecule has 3 N–H and O–H groups in total. The molecule has 2 amide bonds. The maximum absolute atomic E-state index is 12.9. The molecule has 0 saturated heterocycles. The molecule has 0 bridgehead atoms. The summed E-state index contributed by atoms with van der Waals surface area (Å²) in [5, 5.41) is 22.9. The lowest BCUT2D eigenvalue weighted by Gasteiger charge is -2.37. The second-order valence-corrected chi connectivity index (χ2v) is 6.73. The molecule has 1 aliphatic carbocycles. The maximum Gasteiger partial charge on any atom is 0.318 e. The molecule has 0 spiro atoms. The van der Waals surface area contributed by atoms with E-state index in [1.807, 2.05) is 30.3 Å². The number of hydrogen-bond donors (Lipinski definition) is 3. The van der Waals surface area contributed by atoms with E-state index in [1.165, 1.54) is 5.56 Å². The number of aliphatic hydroxyl groups excluding tert-OH is 1. The number of aromatic hydroxyl groups is 1. The number of rotatable bonds is 2. The molecule has 2 aliphatic rings. The van der Waals surface area contributed by atoms with Crippen molar-refractivity contribution in [3.05, 3.63) is 64.7 Å². The first-order chi connectivity index (χ1) is 12.2. The van der Waals surface area contributed by atoms with Gasteiger partial charge < -0.3 is 20.4 Å². The summed E-state index contributed by atoms with van der Waals surface area (Å²) in [6.07, 6.45) is 2.34. The molecule has 2 aromatic carbocycles. The Morgan fingerprint density at radius 2 is 1.92 bits per heavy atom. The summed E-state index contributed by atoms with van der Waals surface area (Å²) in [7, 11) is 0. The molecular formula is C20H22N2O3. The number of amides is 2. The van der Waals surface area contributed by atoms with Gasteiger partial charge >= 0.3 is 6.03 Å².